The van der Waals surface area contributed by atoms with Crippen LogP contribution in [-0.2, 0) is 6.42 Å². The Morgan fingerprint density at radius 2 is 2.05 bits per heavy atom. The first kappa shape index (κ1) is 14.3. The molecule has 0 amide bonds. The Morgan fingerprint density at radius 1 is 1.20 bits per heavy atom. The Morgan fingerprint density at radius 3 is 2.90 bits per heavy atom. The maximum atomic E-state index is 9.11. The van der Waals surface area contributed by atoms with Crippen molar-refractivity contribution >= 4 is 35.1 Å². The van der Waals surface area contributed by atoms with Crippen LogP contribution in [-0.4, -0.2) is 17.5 Å². The van der Waals surface area contributed by atoms with Crippen molar-refractivity contribution in [3.8, 4) is 0 Å². The van der Waals surface area contributed by atoms with Crippen molar-refractivity contribution in [1.29, 1.82) is 0 Å². The van der Waals surface area contributed by atoms with E-state index in [-0.39, 0.29) is 6.61 Å². The lowest BCUT2D eigenvalue weighted by Crippen LogP contribution is -2.01. The summed E-state index contributed by atoms with van der Waals surface area (Å²) >= 11 is 9.77. The molecule has 1 aliphatic rings. The smallest absolute Gasteiger partial charge is 0.0521 e. The van der Waals surface area contributed by atoms with Crippen LogP contribution in [0.5, 0.6) is 0 Å². The average molecular weight is 323 g/mol. The van der Waals surface area contributed by atoms with E-state index in [2.05, 4.69) is 36.4 Å². The number of thioether (sulfide) groups is 1. The summed E-state index contributed by atoms with van der Waals surface area (Å²) in [6.45, 7) is 0.221. The number of hydrogen-bond acceptors (Lipinski definition) is 3. The Hall–Kier alpha value is -0.610. The Balaban J connectivity index is 2.02. The first-order chi connectivity index (χ1) is 9.78. The lowest BCUT2D eigenvalue weighted by molar-refractivity contribution is 0.322. The Labute approximate surface area is 132 Å². The van der Waals surface area contributed by atoms with E-state index in [1.165, 1.54) is 20.9 Å². The number of benzene rings is 2. The molecular formula is C16H15ClOS2. The van der Waals surface area contributed by atoms with Crippen molar-refractivity contribution in [3.63, 3.8) is 0 Å². The highest BCUT2D eigenvalue weighted by molar-refractivity contribution is 8.00. The second-order valence-electron chi connectivity index (χ2n) is 4.68. The van der Waals surface area contributed by atoms with Crippen molar-refractivity contribution in [3.05, 3.63) is 58.6 Å². The topological polar surface area (TPSA) is 20.2 Å². The molecule has 1 atom stereocenters. The van der Waals surface area contributed by atoms with Crippen LogP contribution in [0.1, 0.15) is 16.4 Å². The van der Waals surface area contributed by atoms with Gasteiger partial charge in [-0.2, -0.15) is 11.8 Å². The first-order valence-corrected chi connectivity index (χ1v) is 8.80. The first-order valence-electron chi connectivity index (χ1n) is 6.55. The third kappa shape index (κ3) is 3.01. The molecular weight excluding hydrogens is 308 g/mol. The molecule has 1 nitrogen and oxygen atoms in total. The zero-order valence-electron chi connectivity index (χ0n) is 10.9. The molecule has 0 saturated carbocycles. The third-order valence-electron chi connectivity index (χ3n) is 3.32. The molecule has 2 aromatic carbocycles. The molecule has 1 unspecified atom stereocenters. The maximum absolute atomic E-state index is 9.11. The predicted octanol–water partition coefficient (Wildman–Crippen LogP) is 4.81. The summed E-state index contributed by atoms with van der Waals surface area (Å²) in [7, 11) is 0. The Bertz CT molecular complexity index is 615. The Kier molecular flexibility index (Phi) is 4.61. The van der Waals surface area contributed by atoms with Gasteiger partial charge in [0.15, 0.2) is 0 Å². The number of rotatable bonds is 3. The van der Waals surface area contributed by atoms with Gasteiger partial charge in [0.1, 0.15) is 0 Å². The number of halogens is 1. The lowest BCUT2D eigenvalue weighted by atomic mass is 10.0. The van der Waals surface area contributed by atoms with Crippen LogP contribution in [0.15, 0.2) is 52.3 Å². The molecule has 3 rings (SSSR count). The molecule has 1 N–H and O–H groups in total. The minimum atomic E-state index is 0.221. The largest absolute Gasteiger partial charge is 0.396 e. The number of fused-ring (bicyclic) bond motifs is 2. The van der Waals surface area contributed by atoms with Gasteiger partial charge in [-0.3, -0.25) is 0 Å². The van der Waals surface area contributed by atoms with Crippen molar-refractivity contribution in [1.82, 2.24) is 0 Å². The molecule has 0 fully saturated rings. The normalized spacial score (nSPS) is 17.2. The molecule has 0 spiro atoms. The van der Waals surface area contributed by atoms with Crippen LogP contribution in [0, 0.1) is 0 Å². The van der Waals surface area contributed by atoms with Crippen LogP contribution in [0.3, 0.4) is 0 Å². The third-order valence-corrected chi connectivity index (χ3v) is 6.01. The van der Waals surface area contributed by atoms with E-state index in [0.717, 1.165) is 17.2 Å². The lowest BCUT2D eigenvalue weighted by Gasteiger charge is -2.16. The molecule has 0 saturated heterocycles. The van der Waals surface area contributed by atoms with E-state index in [9.17, 15) is 0 Å². The molecule has 0 bridgehead atoms. The summed E-state index contributed by atoms with van der Waals surface area (Å²) < 4.78 is 0. The molecule has 0 aromatic heterocycles. The van der Waals surface area contributed by atoms with E-state index in [0.29, 0.717) is 5.25 Å². The summed E-state index contributed by atoms with van der Waals surface area (Å²) in [4.78, 5) is 2.60. The fourth-order valence-corrected chi connectivity index (χ4v) is 4.88. The molecule has 1 aliphatic heterocycles. The van der Waals surface area contributed by atoms with Gasteiger partial charge in [-0.15, -0.1) is 0 Å². The van der Waals surface area contributed by atoms with Crippen molar-refractivity contribution < 1.29 is 5.11 Å². The number of aliphatic hydroxyl groups excluding tert-OH is 1. The molecule has 1 heterocycles. The predicted molar refractivity (Wildman–Crippen MR) is 88.0 cm³/mol. The van der Waals surface area contributed by atoms with E-state index in [1.807, 2.05) is 29.6 Å². The quantitative estimate of drug-likeness (QED) is 0.875. The second kappa shape index (κ2) is 6.44. The van der Waals surface area contributed by atoms with E-state index >= 15 is 0 Å². The van der Waals surface area contributed by atoms with Gasteiger partial charge in [-0.1, -0.05) is 41.6 Å². The van der Waals surface area contributed by atoms with E-state index in [4.69, 9.17) is 16.7 Å². The highest BCUT2D eigenvalue weighted by Gasteiger charge is 2.22. The number of hydrogen-bond donors (Lipinski definition) is 1. The molecule has 104 valence electrons. The summed E-state index contributed by atoms with van der Waals surface area (Å²) in [5, 5.41) is 10.3. The standard InChI is InChI=1S/C16H15ClOS2/c17-12-5-6-14-11(9-12)10-16(19-8-7-18)13-3-1-2-4-15(13)20-14/h1-6,9,16,18H,7-8,10H2. The zero-order valence-corrected chi connectivity index (χ0v) is 13.3. The molecule has 0 aliphatic carbocycles. The van der Waals surface area contributed by atoms with Gasteiger partial charge in [0.25, 0.3) is 0 Å². The highest BCUT2D eigenvalue weighted by Crippen LogP contribution is 2.45. The summed E-state index contributed by atoms with van der Waals surface area (Å²) in [6, 6.07) is 14.7. The summed E-state index contributed by atoms with van der Waals surface area (Å²) in [5.74, 6) is 0.763. The second-order valence-corrected chi connectivity index (χ2v) is 7.51. The van der Waals surface area contributed by atoms with Crippen LogP contribution in [0.4, 0.5) is 0 Å². The molecule has 2 aromatic rings. The summed E-state index contributed by atoms with van der Waals surface area (Å²) in [5.41, 5.74) is 2.66. The summed E-state index contributed by atoms with van der Waals surface area (Å²) in [6.07, 6.45) is 0.963. The van der Waals surface area contributed by atoms with Crippen molar-refractivity contribution in [2.24, 2.45) is 0 Å². The van der Waals surface area contributed by atoms with Gasteiger partial charge in [0, 0.05) is 25.8 Å². The van der Waals surface area contributed by atoms with Crippen LogP contribution in [0.2, 0.25) is 5.02 Å². The van der Waals surface area contributed by atoms with Gasteiger partial charge in [-0.05, 0) is 41.8 Å². The van der Waals surface area contributed by atoms with Gasteiger partial charge in [-0.25, -0.2) is 0 Å². The fourth-order valence-electron chi connectivity index (χ4n) is 2.42. The highest BCUT2D eigenvalue weighted by atomic mass is 35.5. The minimum Gasteiger partial charge on any atom is -0.396 e. The molecule has 4 heteroatoms. The maximum Gasteiger partial charge on any atom is 0.0521 e. The van der Waals surface area contributed by atoms with Gasteiger partial charge < -0.3 is 5.11 Å². The average Bonchev–Trinajstić information content (AvgIpc) is 2.61. The van der Waals surface area contributed by atoms with E-state index in [1.54, 1.807) is 0 Å². The fraction of sp³-hybridized carbons (Fsp3) is 0.250. The van der Waals surface area contributed by atoms with Crippen LogP contribution in [0.25, 0.3) is 0 Å². The molecule has 0 radical (unpaired) electrons. The monoisotopic (exact) mass is 322 g/mol. The van der Waals surface area contributed by atoms with Crippen LogP contribution < -0.4 is 0 Å². The van der Waals surface area contributed by atoms with E-state index < -0.39 is 0 Å². The van der Waals surface area contributed by atoms with Crippen LogP contribution >= 0.6 is 35.1 Å². The van der Waals surface area contributed by atoms with Crippen molar-refractivity contribution in [2.75, 3.05) is 12.4 Å². The minimum absolute atomic E-state index is 0.221. The van der Waals surface area contributed by atoms with Crippen molar-refractivity contribution in [2.45, 2.75) is 21.5 Å². The number of aliphatic hydroxyl groups is 1. The molecule has 20 heavy (non-hydrogen) atoms. The zero-order chi connectivity index (χ0) is 13.9. The van der Waals surface area contributed by atoms with Gasteiger partial charge in [0.05, 0.1) is 6.61 Å². The SMILES string of the molecule is OCCSC1Cc2cc(Cl)ccc2Sc2ccccc21. The van der Waals surface area contributed by atoms with Gasteiger partial charge >= 0.3 is 0 Å². The van der Waals surface area contributed by atoms with Gasteiger partial charge in [0.2, 0.25) is 0 Å².